The number of anilines is 1. The van der Waals surface area contributed by atoms with Crippen molar-refractivity contribution >= 4 is 41.9 Å². The van der Waals surface area contributed by atoms with Crippen LogP contribution in [0.4, 0.5) is 5.82 Å². The molecule has 2 heterocycles. The Morgan fingerprint density at radius 1 is 1.32 bits per heavy atom. The van der Waals surface area contributed by atoms with Crippen LogP contribution >= 0.6 is 19.3 Å². The normalized spacial score (nSPS) is 24.5. The molecule has 0 radical (unpaired) electrons. The number of ether oxygens (including phenoxy) is 2. The molecule has 1 unspecified atom stereocenters. The molecule has 0 aliphatic carbocycles. The number of carbonyl (C=O) groups excluding carboxylic acids is 1. The fourth-order valence-corrected chi connectivity index (χ4v) is 5.80. The lowest BCUT2D eigenvalue weighted by molar-refractivity contribution is -0.142. The number of carbonyl (C=O) groups is 1. The zero-order chi connectivity index (χ0) is 29.1. The molecule has 1 aliphatic rings. The van der Waals surface area contributed by atoms with Crippen LogP contribution in [-0.2, 0) is 23.4 Å². The third kappa shape index (κ3) is 5.99. The van der Waals surface area contributed by atoms with Crippen molar-refractivity contribution in [1.29, 1.82) is 0 Å². The molecule has 40 heavy (non-hydrogen) atoms. The fraction of sp³-hybridized carbons (Fsp3) is 0.320. The molecule has 1 aliphatic heterocycles. The van der Waals surface area contributed by atoms with Gasteiger partial charge in [-0.25, -0.2) is 9.36 Å². The smallest absolute Gasteiger partial charge is 0.459 e. The number of nitrogens with one attached hydrogen (secondary N) is 1. The summed E-state index contributed by atoms with van der Waals surface area (Å²) in [5, 5.41) is 28.0. The van der Waals surface area contributed by atoms with Gasteiger partial charge in [-0.1, -0.05) is 36.4 Å². The van der Waals surface area contributed by atoms with Crippen LogP contribution in [0.5, 0.6) is 5.75 Å². The van der Waals surface area contributed by atoms with Gasteiger partial charge in [0, 0.05) is 17.0 Å². The number of nitrogens with two attached hydrogens (primary N) is 1. The number of rotatable bonds is 9. The standard InChI is InChI=1S/C25H26ClN4O9P/c1-15(22(32)36-2)29-40(35,39-18-9-5-7-16-6-3-4-8-17(16)18)37-14-19-21(31)25(34,11-12-26)23(38-19)30-13-10-20(27)28-24(30)33/h3-10,13,15,19,21,23,31,34H,14H2,1-2H3,(H,29,35)(H2,27,28,33)/t15-,19+,21+,23+,25+,40?/m0/s1. The molecule has 2 aromatic carbocycles. The van der Waals surface area contributed by atoms with Crippen molar-refractivity contribution in [2.75, 3.05) is 19.5 Å². The van der Waals surface area contributed by atoms with E-state index in [1.165, 1.54) is 19.2 Å². The lowest BCUT2D eigenvalue weighted by Crippen LogP contribution is -2.48. The van der Waals surface area contributed by atoms with Crippen molar-refractivity contribution in [2.45, 2.75) is 37.0 Å². The quantitative estimate of drug-likeness (QED) is 0.160. The van der Waals surface area contributed by atoms with Crippen LogP contribution in [0.3, 0.4) is 0 Å². The summed E-state index contributed by atoms with van der Waals surface area (Å²) in [6, 6.07) is 12.4. The van der Waals surface area contributed by atoms with Crippen LogP contribution < -0.4 is 21.0 Å². The topological polar surface area (TPSA) is 184 Å². The number of benzene rings is 2. The van der Waals surface area contributed by atoms with Gasteiger partial charge in [-0.3, -0.25) is 13.9 Å². The summed E-state index contributed by atoms with van der Waals surface area (Å²) in [5.74, 6) is 1.60. The van der Waals surface area contributed by atoms with Crippen LogP contribution in [0.15, 0.2) is 59.5 Å². The second-order valence-electron chi connectivity index (χ2n) is 8.79. The SMILES string of the molecule is COC(=O)[C@H](C)NP(=O)(OC[C@H]1O[C@@H](n2ccc(N)nc2=O)[C@@](O)(C#CCl)[C@@H]1O)Oc1cccc2ccccc12. The zero-order valence-corrected chi connectivity index (χ0v) is 22.9. The van der Waals surface area contributed by atoms with Crippen molar-refractivity contribution in [3.05, 3.63) is 65.2 Å². The first-order chi connectivity index (χ1) is 19.0. The molecule has 4 rings (SSSR count). The Morgan fingerprint density at radius 2 is 2.05 bits per heavy atom. The summed E-state index contributed by atoms with van der Waals surface area (Å²) in [6.45, 7) is 0.741. The van der Waals surface area contributed by atoms with Gasteiger partial charge in [0.1, 0.15) is 29.8 Å². The van der Waals surface area contributed by atoms with Gasteiger partial charge in [-0.05, 0) is 42.0 Å². The first-order valence-electron chi connectivity index (χ1n) is 11.8. The van der Waals surface area contributed by atoms with Crippen LogP contribution in [0, 0.1) is 11.3 Å². The van der Waals surface area contributed by atoms with Crippen LogP contribution in [0.2, 0.25) is 0 Å². The number of esters is 1. The summed E-state index contributed by atoms with van der Waals surface area (Å²) < 4.78 is 36.7. The number of fused-ring (bicyclic) bond motifs is 1. The number of aromatic nitrogens is 2. The van der Waals surface area contributed by atoms with E-state index in [1.807, 2.05) is 23.6 Å². The highest BCUT2D eigenvalue weighted by atomic mass is 35.5. The average Bonchev–Trinajstić information content (AvgIpc) is 3.16. The fourth-order valence-electron chi connectivity index (χ4n) is 4.13. The molecule has 1 saturated heterocycles. The van der Waals surface area contributed by atoms with Crippen LogP contribution in [-0.4, -0.2) is 63.3 Å². The summed E-state index contributed by atoms with van der Waals surface area (Å²) in [7, 11) is -3.24. The average molecular weight is 593 g/mol. The molecule has 1 fully saturated rings. The van der Waals surface area contributed by atoms with Gasteiger partial charge in [-0.15, -0.1) is 0 Å². The number of nitrogen functional groups attached to an aromatic ring is 1. The summed E-state index contributed by atoms with van der Waals surface area (Å²) in [6.07, 6.45) is -3.61. The molecule has 0 saturated carbocycles. The Hall–Kier alpha value is -3.47. The Bertz CT molecular complexity index is 1570. The van der Waals surface area contributed by atoms with Crippen LogP contribution in [0.25, 0.3) is 10.8 Å². The molecule has 15 heteroatoms. The molecular weight excluding hydrogens is 567 g/mol. The van der Waals surface area contributed by atoms with Crippen molar-refractivity contribution < 1.29 is 38.1 Å². The molecule has 0 bridgehead atoms. The van der Waals surface area contributed by atoms with E-state index in [9.17, 15) is 24.4 Å². The van der Waals surface area contributed by atoms with Gasteiger partial charge < -0.3 is 29.9 Å². The van der Waals surface area contributed by atoms with Gasteiger partial charge in [0.05, 0.1) is 13.7 Å². The highest BCUT2D eigenvalue weighted by molar-refractivity contribution is 7.52. The van der Waals surface area contributed by atoms with E-state index in [0.29, 0.717) is 5.39 Å². The minimum Gasteiger partial charge on any atom is -0.468 e. The van der Waals surface area contributed by atoms with E-state index in [2.05, 4.69) is 16.0 Å². The third-order valence-corrected chi connectivity index (χ3v) is 7.84. The number of hydrogen-bond donors (Lipinski definition) is 4. The number of nitrogens with zero attached hydrogens (tertiary/aromatic N) is 2. The molecule has 3 aromatic rings. The van der Waals surface area contributed by atoms with Crippen molar-refractivity contribution in [3.8, 4) is 17.0 Å². The van der Waals surface area contributed by atoms with E-state index in [-0.39, 0.29) is 11.6 Å². The van der Waals surface area contributed by atoms with Gasteiger partial charge in [-0.2, -0.15) is 10.1 Å². The monoisotopic (exact) mass is 592 g/mol. The van der Waals surface area contributed by atoms with Gasteiger partial charge >= 0.3 is 19.4 Å². The lowest BCUT2D eigenvalue weighted by atomic mass is 9.95. The molecule has 13 nitrogen and oxygen atoms in total. The minimum absolute atomic E-state index is 0.0797. The maximum absolute atomic E-state index is 14.0. The molecular formula is C25H26ClN4O9P. The van der Waals surface area contributed by atoms with E-state index in [4.69, 9.17) is 35.9 Å². The number of aliphatic hydroxyl groups excluding tert-OH is 1. The van der Waals surface area contributed by atoms with Crippen molar-refractivity contribution in [1.82, 2.24) is 14.6 Å². The van der Waals surface area contributed by atoms with Crippen molar-refractivity contribution in [2.24, 2.45) is 0 Å². The van der Waals surface area contributed by atoms with E-state index >= 15 is 0 Å². The maximum Gasteiger partial charge on any atom is 0.459 e. The first-order valence-corrected chi connectivity index (χ1v) is 13.7. The van der Waals surface area contributed by atoms with Crippen molar-refractivity contribution in [3.63, 3.8) is 0 Å². The predicted molar refractivity (Wildman–Crippen MR) is 144 cm³/mol. The molecule has 212 valence electrons. The molecule has 6 atom stereocenters. The maximum atomic E-state index is 14.0. The molecule has 5 N–H and O–H groups in total. The van der Waals surface area contributed by atoms with Gasteiger partial charge in [0.15, 0.2) is 6.23 Å². The van der Waals surface area contributed by atoms with E-state index in [1.54, 1.807) is 24.3 Å². The first kappa shape index (κ1) is 29.5. The zero-order valence-electron chi connectivity index (χ0n) is 21.3. The second-order valence-corrected chi connectivity index (χ2v) is 10.7. The largest absolute Gasteiger partial charge is 0.468 e. The highest BCUT2D eigenvalue weighted by Crippen LogP contribution is 2.48. The van der Waals surface area contributed by atoms with E-state index < -0.39 is 56.1 Å². The van der Waals surface area contributed by atoms with Gasteiger partial charge in [0.2, 0.25) is 5.60 Å². The Labute approximate surface area is 233 Å². The van der Waals surface area contributed by atoms with Gasteiger partial charge in [0.25, 0.3) is 0 Å². The molecule has 1 aromatic heterocycles. The number of methoxy groups -OCH3 is 1. The third-order valence-electron chi connectivity index (χ3n) is 6.12. The lowest BCUT2D eigenvalue weighted by Gasteiger charge is -2.26. The number of hydrogen-bond acceptors (Lipinski definition) is 11. The van der Waals surface area contributed by atoms with E-state index in [0.717, 1.165) is 17.1 Å². The summed E-state index contributed by atoms with van der Waals surface area (Å²) in [4.78, 5) is 28.1. The number of aliphatic hydroxyl groups is 2. The molecule has 0 amide bonds. The Morgan fingerprint density at radius 3 is 2.75 bits per heavy atom. The molecule has 0 spiro atoms. The second kappa shape index (κ2) is 12.0. The Balaban J connectivity index is 1.64. The highest BCUT2D eigenvalue weighted by Gasteiger charge is 2.56. The summed E-state index contributed by atoms with van der Waals surface area (Å²) in [5.41, 5.74) is 2.25. The number of halogens is 1. The minimum atomic E-state index is -4.40. The Kier molecular flexibility index (Phi) is 8.82. The predicted octanol–water partition coefficient (Wildman–Crippen LogP) is 1.52. The summed E-state index contributed by atoms with van der Waals surface area (Å²) >= 11 is 5.53. The van der Waals surface area contributed by atoms with Crippen LogP contribution in [0.1, 0.15) is 13.2 Å².